The number of carbonyl (C=O) groups excluding carboxylic acids is 1. The molecule has 0 saturated carbocycles. The van der Waals surface area contributed by atoms with E-state index in [4.69, 9.17) is 0 Å². The molecule has 0 radical (unpaired) electrons. The molecule has 0 N–H and O–H groups in total. The van der Waals surface area contributed by atoms with Gasteiger partial charge in [-0.3, -0.25) is 4.79 Å². The molecule has 0 fully saturated rings. The standard InChI is InChI=1S/C13H11F4NO2/c1-2-3-10(7-19)9-4-5-11(18-6-9)20-8-13(16,17)12(14)15/h2-7,12H,1,8H2. The molecule has 0 aliphatic rings. The Hall–Kier alpha value is -2.18. The molecular weight excluding hydrogens is 278 g/mol. The first kappa shape index (κ1) is 15.9. The van der Waals surface area contributed by atoms with E-state index in [0.717, 1.165) is 0 Å². The molecule has 108 valence electrons. The summed E-state index contributed by atoms with van der Waals surface area (Å²) >= 11 is 0. The molecule has 0 amide bonds. The normalized spacial score (nSPS) is 12.3. The fraction of sp³-hybridized carbons (Fsp3) is 0.231. The number of ether oxygens (including phenoxy) is 1. The van der Waals surface area contributed by atoms with Crippen LogP contribution < -0.4 is 4.74 Å². The largest absolute Gasteiger partial charge is 0.471 e. The van der Waals surface area contributed by atoms with Gasteiger partial charge in [-0.1, -0.05) is 18.7 Å². The van der Waals surface area contributed by atoms with Crippen LogP contribution in [0.1, 0.15) is 5.56 Å². The highest BCUT2D eigenvalue weighted by Gasteiger charge is 2.41. The van der Waals surface area contributed by atoms with E-state index in [1.165, 1.54) is 30.5 Å². The number of carbonyl (C=O) groups is 1. The van der Waals surface area contributed by atoms with Crippen LogP contribution in [0.15, 0.2) is 37.1 Å². The molecule has 0 bridgehead atoms. The third-order valence-electron chi connectivity index (χ3n) is 2.23. The quantitative estimate of drug-likeness (QED) is 0.335. The summed E-state index contributed by atoms with van der Waals surface area (Å²) in [5.41, 5.74) is 0.713. The molecule has 0 saturated heterocycles. The number of aromatic nitrogens is 1. The van der Waals surface area contributed by atoms with Gasteiger partial charge in [0.15, 0.2) is 12.9 Å². The highest BCUT2D eigenvalue weighted by Crippen LogP contribution is 2.24. The maximum atomic E-state index is 12.6. The molecule has 1 rings (SSSR count). The second-order valence-corrected chi connectivity index (χ2v) is 3.71. The highest BCUT2D eigenvalue weighted by molar-refractivity contribution is 6.07. The number of nitrogens with zero attached hydrogens (tertiary/aromatic N) is 1. The zero-order chi connectivity index (χ0) is 15.2. The number of allylic oxidation sites excluding steroid dienone is 3. The fourth-order valence-electron chi connectivity index (χ4n) is 1.20. The van der Waals surface area contributed by atoms with Crippen molar-refractivity contribution >= 4 is 11.9 Å². The maximum absolute atomic E-state index is 12.6. The summed E-state index contributed by atoms with van der Waals surface area (Å²) in [5.74, 6) is -4.48. The first-order valence-corrected chi connectivity index (χ1v) is 5.44. The van der Waals surface area contributed by atoms with Gasteiger partial charge < -0.3 is 4.74 Å². The number of pyridine rings is 1. The fourth-order valence-corrected chi connectivity index (χ4v) is 1.20. The van der Waals surface area contributed by atoms with Crippen LogP contribution in [0.2, 0.25) is 0 Å². The summed E-state index contributed by atoms with van der Waals surface area (Å²) in [7, 11) is 0. The maximum Gasteiger partial charge on any atom is 0.340 e. The number of rotatable bonds is 7. The minimum atomic E-state index is -4.24. The summed E-state index contributed by atoms with van der Waals surface area (Å²) in [4.78, 5) is 14.4. The molecule has 3 nitrogen and oxygen atoms in total. The number of hydrogen-bond donors (Lipinski definition) is 0. The second kappa shape index (κ2) is 6.83. The van der Waals surface area contributed by atoms with E-state index in [2.05, 4.69) is 16.3 Å². The molecule has 1 aromatic heterocycles. The van der Waals surface area contributed by atoms with E-state index in [0.29, 0.717) is 11.8 Å². The summed E-state index contributed by atoms with van der Waals surface area (Å²) in [6.07, 6.45) is 0.815. The van der Waals surface area contributed by atoms with Gasteiger partial charge >= 0.3 is 12.3 Å². The van der Waals surface area contributed by atoms with Crippen molar-refractivity contribution < 1.29 is 27.1 Å². The van der Waals surface area contributed by atoms with E-state index >= 15 is 0 Å². The van der Waals surface area contributed by atoms with Crippen molar-refractivity contribution in [3.8, 4) is 5.88 Å². The Labute approximate surface area is 112 Å². The first-order chi connectivity index (χ1) is 9.40. The van der Waals surface area contributed by atoms with Gasteiger partial charge in [-0.25, -0.2) is 13.8 Å². The van der Waals surface area contributed by atoms with Crippen LogP contribution in [0.5, 0.6) is 5.88 Å². The van der Waals surface area contributed by atoms with Gasteiger partial charge in [-0.05, 0) is 6.07 Å². The summed E-state index contributed by atoms with van der Waals surface area (Å²) < 4.78 is 53.6. The molecule has 0 aliphatic carbocycles. The van der Waals surface area contributed by atoms with Crippen molar-refractivity contribution in [3.05, 3.63) is 42.6 Å². The van der Waals surface area contributed by atoms with Crippen molar-refractivity contribution in [2.24, 2.45) is 0 Å². The third kappa shape index (κ3) is 4.18. The van der Waals surface area contributed by atoms with Crippen molar-refractivity contribution in [2.45, 2.75) is 12.3 Å². The van der Waals surface area contributed by atoms with Crippen LogP contribution in [0.3, 0.4) is 0 Å². The lowest BCUT2D eigenvalue weighted by Crippen LogP contribution is -2.33. The smallest absolute Gasteiger partial charge is 0.340 e. The zero-order valence-corrected chi connectivity index (χ0v) is 10.2. The van der Waals surface area contributed by atoms with Crippen LogP contribution in [0.4, 0.5) is 17.6 Å². The van der Waals surface area contributed by atoms with Crippen LogP contribution in [0.25, 0.3) is 5.57 Å². The SMILES string of the molecule is C=CC=C(C=O)c1ccc(OCC(F)(F)C(F)F)nc1. The lowest BCUT2D eigenvalue weighted by molar-refractivity contribution is -0.148. The molecule has 1 aromatic rings. The molecule has 0 aliphatic heterocycles. The minimum Gasteiger partial charge on any atom is -0.471 e. The molecule has 0 aromatic carbocycles. The van der Waals surface area contributed by atoms with Crippen LogP contribution in [0, 0.1) is 0 Å². The third-order valence-corrected chi connectivity index (χ3v) is 2.23. The Morgan fingerprint density at radius 2 is 2.15 bits per heavy atom. The monoisotopic (exact) mass is 289 g/mol. The number of hydrogen-bond acceptors (Lipinski definition) is 3. The minimum absolute atomic E-state index is 0.238. The zero-order valence-electron chi connectivity index (χ0n) is 10.2. The Morgan fingerprint density at radius 1 is 1.45 bits per heavy atom. The predicted octanol–water partition coefficient (Wildman–Crippen LogP) is 3.13. The van der Waals surface area contributed by atoms with Crippen molar-refractivity contribution in [1.82, 2.24) is 4.98 Å². The number of aldehydes is 1. The molecule has 0 atom stereocenters. The topological polar surface area (TPSA) is 39.2 Å². The van der Waals surface area contributed by atoms with Gasteiger partial charge in [0.05, 0.1) is 0 Å². The average Bonchev–Trinajstić information content (AvgIpc) is 2.43. The van der Waals surface area contributed by atoms with Crippen molar-refractivity contribution in [3.63, 3.8) is 0 Å². The average molecular weight is 289 g/mol. The van der Waals surface area contributed by atoms with Crippen molar-refractivity contribution in [1.29, 1.82) is 0 Å². The number of alkyl halides is 4. The number of halogens is 4. The molecule has 0 spiro atoms. The molecule has 7 heteroatoms. The van der Waals surface area contributed by atoms with E-state index in [9.17, 15) is 22.4 Å². The van der Waals surface area contributed by atoms with E-state index in [-0.39, 0.29) is 11.5 Å². The lowest BCUT2D eigenvalue weighted by Gasteiger charge is -2.15. The highest BCUT2D eigenvalue weighted by atomic mass is 19.3. The molecule has 20 heavy (non-hydrogen) atoms. The summed E-state index contributed by atoms with van der Waals surface area (Å²) in [5, 5.41) is 0. The lowest BCUT2D eigenvalue weighted by atomic mass is 10.1. The van der Waals surface area contributed by atoms with E-state index < -0.39 is 19.0 Å². The van der Waals surface area contributed by atoms with E-state index in [1.54, 1.807) is 0 Å². The van der Waals surface area contributed by atoms with E-state index in [1.807, 2.05) is 0 Å². The Balaban J connectivity index is 2.75. The predicted molar refractivity (Wildman–Crippen MR) is 64.9 cm³/mol. The van der Waals surface area contributed by atoms with Crippen molar-refractivity contribution in [2.75, 3.05) is 6.61 Å². The summed E-state index contributed by atoms with van der Waals surface area (Å²) in [6.45, 7) is 1.96. The Kier molecular flexibility index (Phi) is 5.42. The van der Waals surface area contributed by atoms with Gasteiger partial charge in [0.2, 0.25) is 5.88 Å². The van der Waals surface area contributed by atoms with Gasteiger partial charge in [0, 0.05) is 23.4 Å². The van der Waals surface area contributed by atoms with Gasteiger partial charge in [-0.2, -0.15) is 8.78 Å². The van der Waals surface area contributed by atoms with Gasteiger partial charge in [0.25, 0.3) is 0 Å². The molecule has 0 unspecified atom stereocenters. The first-order valence-electron chi connectivity index (χ1n) is 5.44. The van der Waals surface area contributed by atoms with Gasteiger partial charge in [-0.15, -0.1) is 0 Å². The van der Waals surface area contributed by atoms with Crippen LogP contribution in [-0.2, 0) is 4.79 Å². The van der Waals surface area contributed by atoms with Crippen LogP contribution in [-0.4, -0.2) is 30.2 Å². The second-order valence-electron chi connectivity index (χ2n) is 3.71. The Bertz CT molecular complexity index is 498. The van der Waals surface area contributed by atoms with Crippen LogP contribution >= 0.6 is 0 Å². The summed E-state index contributed by atoms with van der Waals surface area (Å²) in [6, 6.07) is 2.60. The van der Waals surface area contributed by atoms with Gasteiger partial charge in [0.1, 0.15) is 0 Å². The molecular formula is C13H11F4NO2. The Morgan fingerprint density at radius 3 is 2.60 bits per heavy atom. The molecule has 1 heterocycles.